The fourth-order valence-corrected chi connectivity index (χ4v) is 1.77. The van der Waals surface area contributed by atoms with Gasteiger partial charge >= 0.3 is 5.97 Å². The molecular weight excluding hydrogens is 208 g/mol. The second-order valence-corrected chi connectivity index (χ2v) is 4.92. The molecule has 1 N–H and O–H groups in total. The molecule has 0 aromatic heterocycles. The third-order valence-electron chi connectivity index (χ3n) is 1.37. The monoisotopic (exact) mass is 224 g/mol. The van der Waals surface area contributed by atoms with Gasteiger partial charge in [-0.1, -0.05) is 0 Å². The molecule has 0 bridgehead atoms. The molecule has 0 atom stereocenters. The first-order valence-corrected chi connectivity index (χ1v) is 5.54. The molecule has 0 spiro atoms. The largest absolute Gasteiger partial charge is 0.468 e. The quantitative estimate of drug-likeness (QED) is 0.629. The number of esters is 1. The van der Waals surface area contributed by atoms with Gasteiger partial charge in [0.05, 0.1) is 7.11 Å². The molecule has 0 unspecified atom stereocenters. The lowest BCUT2D eigenvalue weighted by Crippen LogP contribution is -2.43. The van der Waals surface area contributed by atoms with E-state index in [4.69, 9.17) is 0 Å². The van der Waals surface area contributed by atoms with Crippen LogP contribution in [0.4, 0.5) is 0 Å². The van der Waals surface area contributed by atoms with Crippen LogP contribution >= 0.6 is 0 Å². The lowest BCUT2D eigenvalue weighted by atomic mass is 10.4. The van der Waals surface area contributed by atoms with E-state index in [2.05, 4.69) is 9.46 Å². The van der Waals surface area contributed by atoms with Gasteiger partial charge in [0.1, 0.15) is 6.54 Å². The third-order valence-corrected chi connectivity index (χ3v) is 3.09. The Balaban J connectivity index is 4.36. The SMILES string of the molecule is COC(=O)CN(C)S(=O)(=O)NC(C)C. The highest BCUT2D eigenvalue weighted by Gasteiger charge is 2.20. The third kappa shape index (κ3) is 4.54. The minimum Gasteiger partial charge on any atom is -0.468 e. The van der Waals surface area contributed by atoms with E-state index in [0.29, 0.717) is 0 Å². The minimum atomic E-state index is -3.58. The summed E-state index contributed by atoms with van der Waals surface area (Å²) in [7, 11) is -1.07. The standard InChI is InChI=1S/C7H16N2O4S/c1-6(2)8-14(11,12)9(3)5-7(10)13-4/h6,8H,5H2,1-4H3. The summed E-state index contributed by atoms with van der Waals surface area (Å²) in [5, 5.41) is 0. The fourth-order valence-electron chi connectivity index (χ4n) is 0.719. The van der Waals surface area contributed by atoms with E-state index < -0.39 is 16.2 Å². The van der Waals surface area contributed by atoms with E-state index in [9.17, 15) is 13.2 Å². The fraction of sp³-hybridized carbons (Fsp3) is 0.857. The Morgan fingerprint density at radius 3 is 2.36 bits per heavy atom. The van der Waals surface area contributed by atoms with Crippen molar-refractivity contribution < 1.29 is 17.9 Å². The maximum absolute atomic E-state index is 11.4. The Morgan fingerprint density at radius 1 is 1.50 bits per heavy atom. The van der Waals surface area contributed by atoms with Gasteiger partial charge in [-0.05, 0) is 13.8 Å². The lowest BCUT2D eigenvalue weighted by molar-refractivity contribution is -0.140. The number of nitrogens with one attached hydrogen (secondary N) is 1. The number of carbonyl (C=O) groups excluding carboxylic acids is 1. The smallest absolute Gasteiger partial charge is 0.321 e. The highest BCUT2D eigenvalue weighted by molar-refractivity contribution is 7.87. The Morgan fingerprint density at radius 2 is 2.00 bits per heavy atom. The van der Waals surface area contributed by atoms with Crippen molar-refractivity contribution in [2.24, 2.45) is 0 Å². The molecule has 0 heterocycles. The molecule has 0 rings (SSSR count). The van der Waals surface area contributed by atoms with E-state index in [0.717, 1.165) is 4.31 Å². The zero-order valence-corrected chi connectivity index (χ0v) is 9.59. The lowest BCUT2D eigenvalue weighted by Gasteiger charge is -2.17. The average molecular weight is 224 g/mol. The molecule has 0 amide bonds. The van der Waals surface area contributed by atoms with E-state index in [-0.39, 0.29) is 12.6 Å². The van der Waals surface area contributed by atoms with E-state index in [1.54, 1.807) is 13.8 Å². The molecule has 7 heteroatoms. The maximum Gasteiger partial charge on any atom is 0.321 e. The number of likely N-dealkylation sites (N-methyl/N-ethyl adjacent to an activating group) is 1. The molecule has 0 saturated heterocycles. The Bertz CT molecular complexity index is 286. The van der Waals surface area contributed by atoms with Crippen molar-refractivity contribution in [3.8, 4) is 0 Å². The molecule has 0 fully saturated rings. The Kier molecular flexibility index (Phi) is 5.03. The van der Waals surface area contributed by atoms with Gasteiger partial charge in [-0.2, -0.15) is 17.4 Å². The summed E-state index contributed by atoms with van der Waals surface area (Å²) in [5.41, 5.74) is 0. The topological polar surface area (TPSA) is 75.7 Å². The number of hydrogen-bond donors (Lipinski definition) is 1. The second-order valence-electron chi connectivity index (χ2n) is 3.11. The summed E-state index contributed by atoms with van der Waals surface area (Å²) in [6, 6.07) is -0.208. The first kappa shape index (κ1) is 13.3. The van der Waals surface area contributed by atoms with Crippen molar-refractivity contribution in [3.05, 3.63) is 0 Å². The molecule has 0 aliphatic rings. The molecule has 0 aliphatic heterocycles. The number of methoxy groups -OCH3 is 1. The van der Waals surface area contributed by atoms with Crippen LogP contribution in [0.2, 0.25) is 0 Å². The van der Waals surface area contributed by atoms with Crippen LogP contribution < -0.4 is 4.72 Å². The van der Waals surface area contributed by atoms with Crippen molar-refractivity contribution in [1.29, 1.82) is 0 Å². The van der Waals surface area contributed by atoms with Crippen LogP contribution in [0.1, 0.15) is 13.8 Å². The van der Waals surface area contributed by atoms with Gasteiger partial charge in [-0.3, -0.25) is 4.79 Å². The minimum absolute atomic E-state index is 0.208. The molecular formula is C7H16N2O4S. The predicted molar refractivity (Wildman–Crippen MR) is 51.8 cm³/mol. The van der Waals surface area contributed by atoms with Crippen molar-refractivity contribution in [2.45, 2.75) is 19.9 Å². The normalized spacial score (nSPS) is 12.1. The summed E-state index contributed by atoms with van der Waals surface area (Å²) in [5.74, 6) is -0.596. The van der Waals surface area contributed by atoms with E-state index in [1.807, 2.05) is 0 Å². The first-order chi connectivity index (χ1) is 6.29. The molecule has 0 aliphatic carbocycles. The summed E-state index contributed by atoms with van der Waals surface area (Å²) in [4.78, 5) is 10.8. The number of carbonyl (C=O) groups is 1. The van der Waals surface area contributed by atoms with Gasteiger partial charge < -0.3 is 4.74 Å². The van der Waals surface area contributed by atoms with Crippen LogP contribution in [0.5, 0.6) is 0 Å². The van der Waals surface area contributed by atoms with Gasteiger partial charge in [0, 0.05) is 13.1 Å². The highest BCUT2D eigenvalue weighted by atomic mass is 32.2. The summed E-state index contributed by atoms with van der Waals surface area (Å²) < 4.78 is 30.4. The van der Waals surface area contributed by atoms with Crippen LogP contribution in [-0.2, 0) is 19.7 Å². The maximum atomic E-state index is 11.4. The highest BCUT2D eigenvalue weighted by Crippen LogP contribution is 1.95. The van der Waals surface area contributed by atoms with Crippen LogP contribution in [0.25, 0.3) is 0 Å². The van der Waals surface area contributed by atoms with Gasteiger partial charge in [0.15, 0.2) is 0 Å². The average Bonchev–Trinajstić information content (AvgIpc) is 2.01. The first-order valence-electron chi connectivity index (χ1n) is 4.10. The summed E-state index contributed by atoms with van der Waals surface area (Å²) >= 11 is 0. The molecule has 0 aromatic carbocycles. The van der Waals surface area contributed by atoms with Crippen molar-refractivity contribution >= 4 is 16.2 Å². The van der Waals surface area contributed by atoms with Gasteiger partial charge in [0.2, 0.25) is 0 Å². The zero-order chi connectivity index (χ0) is 11.4. The van der Waals surface area contributed by atoms with Crippen molar-refractivity contribution in [1.82, 2.24) is 9.03 Å². The van der Waals surface area contributed by atoms with Gasteiger partial charge in [-0.15, -0.1) is 0 Å². The van der Waals surface area contributed by atoms with Gasteiger partial charge in [-0.25, -0.2) is 0 Å². The molecule has 6 nitrogen and oxygen atoms in total. The summed E-state index contributed by atoms with van der Waals surface area (Å²) in [6.45, 7) is 3.10. The molecule has 0 aromatic rings. The van der Waals surface area contributed by atoms with E-state index in [1.165, 1.54) is 14.2 Å². The van der Waals surface area contributed by atoms with Crippen molar-refractivity contribution in [3.63, 3.8) is 0 Å². The van der Waals surface area contributed by atoms with E-state index >= 15 is 0 Å². The predicted octanol–water partition coefficient (Wildman–Crippen LogP) is -0.666. The Labute approximate surface area is 84.4 Å². The van der Waals surface area contributed by atoms with Crippen LogP contribution in [0.3, 0.4) is 0 Å². The molecule has 14 heavy (non-hydrogen) atoms. The van der Waals surface area contributed by atoms with Crippen LogP contribution in [0.15, 0.2) is 0 Å². The number of nitrogens with zero attached hydrogens (tertiary/aromatic N) is 1. The van der Waals surface area contributed by atoms with Gasteiger partial charge in [0.25, 0.3) is 10.2 Å². The van der Waals surface area contributed by atoms with Crippen LogP contribution in [0, 0.1) is 0 Å². The molecule has 0 radical (unpaired) electrons. The van der Waals surface area contributed by atoms with Crippen molar-refractivity contribution in [2.75, 3.05) is 20.7 Å². The number of hydrogen-bond acceptors (Lipinski definition) is 4. The molecule has 0 saturated carbocycles. The van der Waals surface area contributed by atoms with Crippen LogP contribution in [-0.4, -0.2) is 45.4 Å². The molecule has 84 valence electrons. The summed E-state index contributed by atoms with van der Waals surface area (Å²) in [6.07, 6.45) is 0. The second kappa shape index (κ2) is 5.28. The number of rotatable bonds is 5. The Hall–Kier alpha value is -0.660. The number of ether oxygens (including phenoxy) is 1. The zero-order valence-electron chi connectivity index (χ0n) is 8.77.